The number of carbonyl (C=O) groups excluding carboxylic acids is 2. The molecule has 130 valence electrons. The van der Waals surface area contributed by atoms with Crippen LogP contribution in [0.15, 0.2) is 0 Å². The van der Waals surface area contributed by atoms with Gasteiger partial charge < -0.3 is 9.47 Å². The zero-order valence-electron chi connectivity index (χ0n) is 15.6. The summed E-state index contributed by atoms with van der Waals surface area (Å²) in [6.45, 7) is 15.3. The molecule has 22 heavy (non-hydrogen) atoms. The van der Waals surface area contributed by atoms with Gasteiger partial charge in [0.25, 0.3) is 0 Å². The first kappa shape index (κ1) is 20.9. The van der Waals surface area contributed by atoms with Crippen molar-refractivity contribution < 1.29 is 19.1 Å². The fraction of sp³-hybridized carbons (Fsp3) is 0.889. The van der Waals surface area contributed by atoms with E-state index in [4.69, 9.17) is 9.47 Å². The number of rotatable bonds is 9. The standard InChI is InChI=1S/C18H34O4/c1-9-13(3)15(19)21-17(5,6)11-12-18(7,8)22-16(20)14(4)10-2/h13-14H,9-12H2,1-8H3. The Balaban J connectivity index is 4.50. The van der Waals surface area contributed by atoms with Crippen LogP contribution in [0.4, 0.5) is 0 Å². The van der Waals surface area contributed by atoms with Crippen LogP contribution in [0, 0.1) is 11.8 Å². The second-order valence-electron chi connectivity index (χ2n) is 7.48. The van der Waals surface area contributed by atoms with Gasteiger partial charge in [-0.1, -0.05) is 27.7 Å². The average molecular weight is 314 g/mol. The van der Waals surface area contributed by atoms with E-state index in [-0.39, 0.29) is 23.8 Å². The molecular weight excluding hydrogens is 280 g/mol. The van der Waals surface area contributed by atoms with E-state index in [0.717, 1.165) is 12.8 Å². The Morgan fingerprint density at radius 1 is 0.773 bits per heavy atom. The van der Waals surface area contributed by atoms with E-state index >= 15 is 0 Å². The molecule has 0 aliphatic heterocycles. The molecule has 4 heteroatoms. The van der Waals surface area contributed by atoms with Crippen molar-refractivity contribution in [1.29, 1.82) is 0 Å². The van der Waals surface area contributed by atoms with Gasteiger partial charge in [0.2, 0.25) is 0 Å². The van der Waals surface area contributed by atoms with Gasteiger partial charge >= 0.3 is 11.9 Å². The minimum atomic E-state index is -0.555. The molecule has 0 rings (SSSR count). The monoisotopic (exact) mass is 314 g/mol. The lowest BCUT2D eigenvalue weighted by atomic mass is 9.93. The predicted octanol–water partition coefficient (Wildman–Crippen LogP) is 4.50. The van der Waals surface area contributed by atoms with E-state index in [1.807, 2.05) is 55.4 Å². The smallest absolute Gasteiger partial charge is 0.309 e. The number of hydrogen-bond acceptors (Lipinski definition) is 4. The van der Waals surface area contributed by atoms with Gasteiger partial charge in [0.05, 0.1) is 11.8 Å². The third-order valence-corrected chi connectivity index (χ3v) is 4.11. The van der Waals surface area contributed by atoms with Crippen molar-refractivity contribution in [3.8, 4) is 0 Å². The van der Waals surface area contributed by atoms with Crippen LogP contribution in [0.5, 0.6) is 0 Å². The zero-order valence-corrected chi connectivity index (χ0v) is 15.6. The lowest BCUT2D eigenvalue weighted by Crippen LogP contribution is -2.36. The molecule has 0 aromatic carbocycles. The number of carbonyl (C=O) groups is 2. The molecule has 0 aromatic rings. The van der Waals surface area contributed by atoms with Crippen LogP contribution in [0.2, 0.25) is 0 Å². The van der Waals surface area contributed by atoms with E-state index in [2.05, 4.69) is 0 Å². The predicted molar refractivity (Wildman–Crippen MR) is 88.5 cm³/mol. The average Bonchev–Trinajstić information content (AvgIpc) is 2.42. The van der Waals surface area contributed by atoms with Crippen molar-refractivity contribution in [2.75, 3.05) is 0 Å². The number of hydrogen-bond donors (Lipinski definition) is 0. The Hall–Kier alpha value is -1.06. The quantitative estimate of drug-likeness (QED) is 0.588. The van der Waals surface area contributed by atoms with E-state index in [9.17, 15) is 9.59 Å². The Bertz CT molecular complexity index is 335. The molecule has 0 aliphatic rings. The summed E-state index contributed by atoms with van der Waals surface area (Å²) in [5, 5.41) is 0. The summed E-state index contributed by atoms with van der Waals surface area (Å²) in [4.78, 5) is 23.8. The highest BCUT2D eigenvalue weighted by Crippen LogP contribution is 2.27. The molecule has 0 aromatic heterocycles. The lowest BCUT2D eigenvalue weighted by molar-refractivity contribution is -0.168. The van der Waals surface area contributed by atoms with Crippen molar-refractivity contribution in [3.05, 3.63) is 0 Å². The summed E-state index contributed by atoms with van der Waals surface area (Å²) in [5.74, 6) is -0.505. The van der Waals surface area contributed by atoms with Gasteiger partial charge in [0.15, 0.2) is 0 Å². The van der Waals surface area contributed by atoms with Crippen LogP contribution in [0.1, 0.15) is 81.1 Å². The Morgan fingerprint density at radius 3 is 1.27 bits per heavy atom. The van der Waals surface area contributed by atoms with E-state index in [1.165, 1.54) is 0 Å². The first-order valence-electron chi connectivity index (χ1n) is 8.39. The molecule has 0 radical (unpaired) electrons. The molecule has 4 nitrogen and oxygen atoms in total. The maximum absolute atomic E-state index is 11.9. The largest absolute Gasteiger partial charge is 0.459 e. The molecule has 0 fully saturated rings. The van der Waals surface area contributed by atoms with Gasteiger partial charge in [0, 0.05) is 0 Å². The Kier molecular flexibility index (Phi) is 8.13. The van der Waals surface area contributed by atoms with Crippen LogP contribution in [0.25, 0.3) is 0 Å². The molecule has 2 atom stereocenters. The Morgan fingerprint density at radius 2 is 1.05 bits per heavy atom. The zero-order chi connectivity index (χ0) is 17.6. The first-order chi connectivity index (χ1) is 9.94. The molecule has 0 N–H and O–H groups in total. The van der Waals surface area contributed by atoms with Gasteiger partial charge in [-0.2, -0.15) is 0 Å². The Labute approximate surface area is 135 Å². The minimum absolute atomic E-state index is 0.0875. The van der Waals surface area contributed by atoms with Gasteiger partial charge in [-0.15, -0.1) is 0 Å². The molecule has 2 unspecified atom stereocenters. The summed E-state index contributed by atoms with van der Waals surface area (Å²) in [6.07, 6.45) is 2.84. The second kappa shape index (κ2) is 8.54. The van der Waals surface area contributed by atoms with Crippen LogP contribution < -0.4 is 0 Å². The molecule has 0 bridgehead atoms. The molecule has 0 saturated carbocycles. The maximum Gasteiger partial charge on any atom is 0.309 e. The van der Waals surface area contributed by atoms with Crippen molar-refractivity contribution in [1.82, 2.24) is 0 Å². The van der Waals surface area contributed by atoms with Gasteiger partial charge in [-0.25, -0.2) is 0 Å². The number of ether oxygens (including phenoxy) is 2. The number of esters is 2. The van der Waals surface area contributed by atoms with Crippen molar-refractivity contribution in [3.63, 3.8) is 0 Å². The molecule has 0 saturated heterocycles. The highest BCUT2D eigenvalue weighted by molar-refractivity contribution is 5.72. The lowest BCUT2D eigenvalue weighted by Gasteiger charge is -2.32. The summed E-state index contributed by atoms with van der Waals surface area (Å²) < 4.78 is 11.2. The first-order valence-corrected chi connectivity index (χ1v) is 8.39. The van der Waals surface area contributed by atoms with Crippen LogP contribution >= 0.6 is 0 Å². The summed E-state index contributed by atoms with van der Waals surface area (Å²) in [6, 6.07) is 0. The van der Waals surface area contributed by atoms with E-state index in [0.29, 0.717) is 12.8 Å². The molecular formula is C18H34O4. The SMILES string of the molecule is CCC(C)C(=O)OC(C)(C)CCC(C)(C)OC(=O)C(C)CC. The molecule has 0 amide bonds. The minimum Gasteiger partial charge on any atom is -0.459 e. The third kappa shape index (κ3) is 7.81. The highest BCUT2D eigenvalue weighted by Gasteiger charge is 2.31. The van der Waals surface area contributed by atoms with E-state index < -0.39 is 11.2 Å². The maximum atomic E-state index is 11.9. The van der Waals surface area contributed by atoms with Crippen molar-refractivity contribution in [2.45, 2.75) is 92.3 Å². The summed E-state index contributed by atoms with van der Waals surface area (Å²) in [5.41, 5.74) is -1.11. The topological polar surface area (TPSA) is 52.6 Å². The summed E-state index contributed by atoms with van der Waals surface area (Å²) in [7, 11) is 0. The fourth-order valence-corrected chi connectivity index (χ4v) is 1.78. The van der Waals surface area contributed by atoms with Gasteiger partial charge in [-0.3, -0.25) is 9.59 Å². The molecule has 0 spiro atoms. The third-order valence-electron chi connectivity index (χ3n) is 4.11. The van der Waals surface area contributed by atoms with Crippen molar-refractivity contribution >= 4 is 11.9 Å². The summed E-state index contributed by atoms with van der Waals surface area (Å²) >= 11 is 0. The van der Waals surface area contributed by atoms with Crippen LogP contribution in [-0.4, -0.2) is 23.1 Å². The second-order valence-corrected chi connectivity index (χ2v) is 7.48. The molecule has 0 aliphatic carbocycles. The fourth-order valence-electron chi connectivity index (χ4n) is 1.78. The van der Waals surface area contributed by atoms with Crippen LogP contribution in [-0.2, 0) is 19.1 Å². The van der Waals surface area contributed by atoms with Gasteiger partial charge in [0.1, 0.15) is 11.2 Å². The molecule has 0 heterocycles. The van der Waals surface area contributed by atoms with Crippen LogP contribution in [0.3, 0.4) is 0 Å². The van der Waals surface area contributed by atoms with E-state index in [1.54, 1.807) is 0 Å². The van der Waals surface area contributed by atoms with Crippen molar-refractivity contribution in [2.24, 2.45) is 11.8 Å². The van der Waals surface area contributed by atoms with Gasteiger partial charge in [-0.05, 0) is 53.4 Å². The highest BCUT2D eigenvalue weighted by atomic mass is 16.6. The normalized spacial score (nSPS) is 15.1.